The highest BCUT2D eigenvalue weighted by molar-refractivity contribution is 9.10. The summed E-state index contributed by atoms with van der Waals surface area (Å²) in [6.07, 6.45) is 0. The Morgan fingerprint density at radius 1 is 1.10 bits per heavy atom. The number of tetrazole rings is 1. The fraction of sp³-hybridized carbons (Fsp3) is 0.0714. The summed E-state index contributed by atoms with van der Waals surface area (Å²) >= 11 is 3.49. The molecule has 3 aromatic rings. The van der Waals surface area contributed by atoms with E-state index in [9.17, 15) is 0 Å². The fourth-order valence-corrected chi connectivity index (χ4v) is 2.38. The maximum Gasteiger partial charge on any atom is 0.204 e. The first-order chi connectivity index (χ1) is 9.72. The normalized spacial score (nSPS) is 10.7. The molecule has 1 heterocycles. The van der Waals surface area contributed by atoms with Gasteiger partial charge in [0.2, 0.25) is 5.82 Å². The molecule has 1 aromatic heterocycles. The number of aromatic nitrogens is 4. The van der Waals surface area contributed by atoms with Gasteiger partial charge in [0.15, 0.2) is 0 Å². The number of anilines is 1. The zero-order valence-electron chi connectivity index (χ0n) is 10.6. The van der Waals surface area contributed by atoms with Gasteiger partial charge in [-0.3, -0.25) is 0 Å². The molecule has 0 fully saturated rings. The first-order valence-electron chi connectivity index (χ1n) is 6.09. The van der Waals surface area contributed by atoms with Crippen LogP contribution in [0, 0.1) is 0 Å². The van der Waals surface area contributed by atoms with Gasteiger partial charge < -0.3 is 5.73 Å². The van der Waals surface area contributed by atoms with Gasteiger partial charge in [0.05, 0.1) is 6.54 Å². The molecular formula is C14H12BrN5. The molecule has 0 aliphatic rings. The number of hydrogen-bond donors (Lipinski definition) is 1. The van der Waals surface area contributed by atoms with E-state index in [-0.39, 0.29) is 0 Å². The van der Waals surface area contributed by atoms with E-state index < -0.39 is 0 Å². The van der Waals surface area contributed by atoms with Crippen LogP contribution in [-0.2, 0) is 6.54 Å². The van der Waals surface area contributed by atoms with E-state index in [0.717, 1.165) is 21.3 Å². The van der Waals surface area contributed by atoms with Gasteiger partial charge in [-0.25, -0.2) is 0 Å². The van der Waals surface area contributed by atoms with Crippen molar-refractivity contribution in [2.45, 2.75) is 6.54 Å². The van der Waals surface area contributed by atoms with Crippen LogP contribution in [0.3, 0.4) is 0 Å². The first kappa shape index (κ1) is 12.8. The van der Waals surface area contributed by atoms with Gasteiger partial charge >= 0.3 is 0 Å². The second-order valence-electron chi connectivity index (χ2n) is 4.36. The molecule has 0 spiro atoms. The Labute approximate surface area is 124 Å². The van der Waals surface area contributed by atoms with E-state index in [1.165, 1.54) is 0 Å². The molecule has 100 valence electrons. The van der Waals surface area contributed by atoms with Gasteiger partial charge in [0.1, 0.15) is 0 Å². The van der Waals surface area contributed by atoms with Crippen LogP contribution in [0.15, 0.2) is 53.0 Å². The zero-order valence-corrected chi connectivity index (χ0v) is 12.2. The summed E-state index contributed by atoms with van der Waals surface area (Å²) in [6, 6.07) is 15.4. The topological polar surface area (TPSA) is 69.6 Å². The smallest absolute Gasteiger partial charge is 0.204 e. The van der Waals surface area contributed by atoms with Gasteiger partial charge in [-0.15, -0.1) is 10.2 Å². The first-order valence-corrected chi connectivity index (χ1v) is 6.89. The van der Waals surface area contributed by atoms with E-state index in [1.807, 2.05) is 48.5 Å². The van der Waals surface area contributed by atoms with Crippen LogP contribution in [0.2, 0.25) is 0 Å². The third-order valence-electron chi connectivity index (χ3n) is 2.87. The predicted molar refractivity (Wildman–Crippen MR) is 80.9 cm³/mol. The summed E-state index contributed by atoms with van der Waals surface area (Å²) in [5.74, 6) is 0.622. The molecule has 0 radical (unpaired) electrons. The van der Waals surface area contributed by atoms with Crippen molar-refractivity contribution in [2.75, 3.05) is 5.73 Å². The molecule has 0 amide bonds. The highest BCUT2D eigenvalue weighted by Crippen LogP contribution is 2.20. The number of nitrogens with two attached hydrogens (primary N) is 1. The van der Waals surface area contributed by atoms with Gasteiger partial charge in [0, 0.05) is 15.7 Å². The number of benzene rings is 2. The lowest BCUT2D eigenvalue weighted by atomic mass is 10.2. The Morgan fingerprint density at radius 3 is 2.65 bits per heavy atom. The highest BCUT2D eigenvalue weighted by Gasteiger charge is 2.07. The summed E-state index contributed by atoms with van der Waals surface area (Å²) in [5, 5.41) is 12.5. The summed E-state index contributed by atoms with van der Waals surface area (Å²) in [4.78, 5) is 1.57. The maximum absolute atomic E-state index is 5.72. The Kier molecular flexibility index (Phi) is 3.47. The van der Waals surface area contributed by atoms with Crippen molar-refractivity contribution in [3.8, 4) is 11.4 Å². The Morgan fingerprint density at radius 2 is 1.90 bits per heavy atom. The summed E-state index contributed by atoms with van der Waals surface area (Å²) in [7, 11) is 0. The number of hydrogen-bond acceptors (Lipinski definition) is 4. The molecule has 0 aliphatic carbocycles. The van der Waals surface area contributed by atoms with E-state index in [0.29, 0.717) is 12.4 Å². The van der Waals surface area contributed by atoms with Gasteiger partial charge in [-0.2, -0.15) is 4.80 Å². The maximum atomic E-state index is 5.72. The van der Waals surface area contributed by atoms with Crippen LogP contribution in [0.25, 0.3) is 11.4 Å². The van der Waals surface area contributed by atoms with Crippen molar-refractivity contribution >= 4 is 21.6 Å². The summed E-state index contributed by atoms with van der Waals surface area (Å²) in [5.41, 5.74) is 8.45. The summed E-state index contributed by atoms with van der Waals surface area (Å²) < 4.78 is 0.941. The van der Waals surface area contributed by atoms with Crippen LogP contribution in [-0.4, -0.2) is 20.2 Å². The van der Waals surface area contributed by atoms with Crippen molar-refractivity contribution in [3.05, 3.63) is 58.6 Å². The number of rotatable bonds is 3. The summed E-state index contributed by atoms with van der Waals surface area (Å²) in [6.45, 7) is 0.542. The SMILES string of the molecule is Nc1ccc(Cn2nnc(-c3ccccc3)n2)c(Br)c1. The minimum absolute atomic E-state index is 0.542. The molecule has 6 heteroatoms. The van der Waals surface area contributed by atoms with Crippen molar-refractivity contribution in [1.29, 1.82) is 0 Å². The van der Waals surface area contributed by atoms with E-state index in [1.54, 1.807) is 4.80 Å². The van der Waals surface area contributed by atoms with Crippen molar-refractivity contribution in [2.24, 2.45) is 0 Å². The quantitative estimate of drug-likeness (QED) is 0.750. The molecule has 0 saturated heterocycles. The molecular weight excluding hydrogens is 318 g/mol. The lowest BCUT2D eigenvalue weighted by Crippen LogP contribution is -2.05. The Balaban J connectivity index is 1.84. The Hall–Kier alpha value is -2.21. The van der Waals surface area contributed by atoms with Crippen LogP contribution >= 0.6 is 15.9 Å². The fourth-order valence-electron chi connectivity index (χ4n) is 1.86. The molecule has 0 saturated carbocycles. The lowest BCUT2D eigenvalue weighted by molar-refractivity contribution is 0.571. The van der Waals surface area contributed by atoms with E-state index in [2.05, 4.69) is 31.3 Å². The molecule has 2 aromatic carbocycles. The standard InChI is InChI=1S/C14H12BrN5/c15-13-8-12(16)7-6-11(13)9-20-18-14(17-19-20)10-4-2-1-3-5-10/h1-8H,9,16H2. The number of halogens is 1. The average Bonchev–Trinajstić information content (AvgIpc) is 2.92. The minimum Gasteiger partial charge on any atom is -0.399 e. The van der Waals surface area contributed by atoms with E-state index >= 15 is 0 Å². The van der Waals surface area contributed by atoms with Crippen LogP contribution in [0.5, 0.6) is 0 Å². The highest BCUT2D eigenvalue weighted by atomic mass is 79.9. The number of nitrogens with zero attached hydrogens (tertiary/aromatic N) is 4. The second-order valence-corrected chi connectivity index (χ2v) is 5.21. The van der Waals surface area contributed by atoms with Crippen molar-refractivity contribution in [3.63, 3.8) is 0 Å². The molecule has 0 bridgehead atoms. The molecule has 0 aliphatic heterocycles. The molecule has 20 heavy (non-hydrogen) atoms. The average molecular weight is 330 g/mol. The van der Waals surface area contributed by atoms with Crippen molar-refractivity contribution < 1.29 is 0 Å². The van der Waals surface area contributed by atoms with Crippen molar-refractivity contribution in [1.82, 2.24) is 20.2 Å². The van der Waals surface area contributed by atoms with Crippen LogP contribution in [0.1, 0.15) is 5.56 Å². The second kappa shape index (κ2) is 5.42. The zero-order chi connectivity index (χ0) is 13.9. The molecule has 0 unspecified atom stereocenters. The Bertz CT molecular complexity index is 723. The van der Waals surface area contributed by atoms with Gasteiger partial charge in [-0.1, -0.05) is 52.3 Å². The van der Waals surface area contributed by atoms with Crippen LogP contribution in [0.4, 0.5) is 5.69 Å². The molecule has 5 nitrogen and oxygen atoms in total. The molecule has 0 atom stereocenters. The van der Waals surface area contributed by atoms with Gasteiger partial charge in [0.25, 0.3) is 0 Å². The number of nitrogen functional groups attached to an aromatic ring is 1. The third kappa shape index (κ3) is 2.70. The monoisotopic (exact) mass is 329 g/mol. The predicted octanol–water partition coefficient (Wildman–Crippen LogP) is 2.73. The van der Waals surface area contributed by atoms with E-state index in [4.69, 9.17) is 5.73 Å². The minimum atomic E-state index is 0.542. The van der Waals surface area contributed by atoms with Gasteiger partial charge in [-0.05, 0) is 22.9 Å². The third-order valence-corrected chi connectivity index (χ3v) is 3.61. The van der Waals surface area contributed by atoms with Crippen LogP contribution < -0.4 is 5.73 Å². The molecule has 3 rings (SSSR count). The lowest BCUT2D eigenvalue weighted by Gasteiger charge is -2.03. The largest absolute Gasteiger partial charge is 0.399 e. The molecule has 2 N–H and O–H groups in total.